The number of nitrogens with one attached hydrogen (secondary N) is 1. The van der Waals surface area contributed by atoms with Crippen LogP contribution in [-0.2, 0) is 6.54 Å². The number of hydrogen-bond acceptors (Lipinski definition) is 3. The first kappa shape index (κ1) is 12.3. The number of para-hydroxylation sites is 1. The Balaban J connectivity index is 2.01. The highest BCUT2D eigenvalue weighted by molar-refractivity contribution is 7.99. The van der Waals surface area contributed by atoms with Crippen LogP contribution in [0.3, 0.4) is 0 Å². The molecule has 0 fully saturated rings. The number of rotatable bonds is 6. The summed E-state index contributed by atoms with van der Waals surface area (Å²) in [6.07, 6.45) is 1.93. The highest BCUT2D eigenvalue weighted by Gasteiger charge is 2.01. The smallest absolute Gasteiger partial charge is 0.0481 e. The minimum Gasteiger partial charge on any atom is -0.380 e. The number of hydrogen-bond donors (Lipinski definition) is 1. The summed E-state index contributed by atoms with van der Waals surface area (Å²) in [5.41, 5.74) is 2.53. The highest BCUT2D eigenvalue weighted by atomic mass is 32.2. The Kier molecular flexibility index (Phi) is 4.71. The van der Waals surface area contributed by atoms with Crippen molar-refractivity contribution in [3.63, 3.8) is 0 Å². The van der Waals surface area contributed by atoms with Crippen LogP contribution in [0.15, 0.2) is 58.6 Å². The van der Waals surface area contributed by atoms with Crippen molar-refractivity contribution in [3.05, 3.63) is 59.3 Å². The third kappa shape index (κ3) is 3.65. The summed E-state index contributed by atoms with van der Waals surface area (Å²) < 4.78 is 0. The van der Waals surface area contributed by atoms with Gasteiger partial charge in [-0.25, -0.2) is 0 Å². The zero-order valence-corrected chi connectivity index (χ0v) is 11.2. The van der Waals surface area contributed by atoms with Crippen LogP contribution in [0.1, 0.15) is 5.56 Å². The second kappa shape index (κ2) is 6.52. The average molecular weight is 261 g/mol. The van der Waals surface area contributed by atoms with E-state index in [9.17, 15) is 0 Å². The standard InChI is InChI=1S/C14H15NS2/c1-2-8-17-14-6-4-3-5-13(14)15-10-12-7-9-16-11-12/h2-7,9,11,15H,1,8,10H2. The molecule has 0 aliphatic rings. The van der Waals surface area contributed by atoms with E-state index in [4.69, 9.17) is 0 Å². The molecule has 1 nitrogen and oxygen atoms in total. The Morgan fingerprint density at radius 2 is 2.18 bits per heavy atom. The fourth-order valence-corrected chi connectivity index (χ4v) is 2.91. The van der Waals surface area contributed by atoms with E-state index in [-0.39, 0.29) is 0 Å². The molecule has 0 saturated carbocycles. The van der Waals surface area contributed by atoms with Gasteiger partial charge in [0, 0.05) is 22.9 Å². The molecule has 0 aliphatic carbocycles. The molecular formula is C14H15NS2. The maximum absolute atomic E-state index is 3.75. The second-order valence-electron chi connectivity index (χ2n) is 3.58. The molecule has 88 valence electrons. The summed E-state index contributed by atoms with van der Waals surface area (Å²) in [6, 6.07) is 10.5. The minimum atomic E-state index is 0.884. The maximum Gasteiger partial charge on any atom is 0.0481 e. The van der Waals surface area contributed by atoms with Crippen molar-refractivity contribution < 1.29 is 0 Å². The van der Waals surface area contributed by atoms with E-state index in [1.54, 1.807) is 23.1 Å². The van der Waals surface area contributed by atoms with Gasteiger partial charge in [0.1, 0.15) is 0 Å². The van der Waals surface area contributed by atoms with E-state index < -0.39 is 0 Å². The normalized spacial score (nSPS) is 10.1. The number of thioether (sulfide) groups is 1. The van der Waals surface area contributed by atoms with Gasteiger partial charge < -0.3 is 5.32 Å². The van der Waals surface area contributed by atoms with Crippen LogP contribution in [-0.4, -0.2) is 5.75 Å². The van der Waals surface area contributed by atoms with Crippen molar-refractivity contribution >= 4 is 28.8 Å². The van der Waals surface area contributed by atoms with Crippen LogP contribution in [0.4, 0.5) is 5.69 Å². The van der Waals surface area contributed by atoms with Crippen LogP contribution >= 0.6 is 23.1 Å². The van der Waals surface area contributed by atoms with Crippen molar-refractivity contribution in [3.8, 4) is 0 Å². The third-order valence-electron chi connectivity index (χ3n) is 2.31. The van der Waals surface area contributed by atoms with Crippen LogP contribution in [0, 0.1) is 0 Å². The lowest BCUT2D eigenvalue weighted by molar-refractivity contribution is 1.14. The third-order valence-corrected chi connectivity index (χ3v) is 4.11. The summed E-state index contributed by atoms with van der Waals surface area (Å²) in [7, 11) is 0. The molecule has 1 aromatic heterocycles. The van der Waals surface area contributed by atoms with E-state index >= 15 is 0 Å². The quantitative estimate of drug-likeness (QED) is 0.600. The zero-order valence-electron chi connectivity index (χ0n) is 9.56. The molecule has 0 aliphatic heterocycles. The van der Waals surface area contributed by atoms with E-state index in [0.717, 1.165) is 12.3 Å². The van der Waals surface area contributed by atoms with Gasteiger partial charge in [0.05, 0.1) is 0 Å². The zero-order chi connectivity index (χ0) is 11.9. The second-order valence-corrected chi connectivity index (χ2v) is 5.42. The first-order valence-corrected chi connectivity index (χ1v) is 7.40. The van der Waals surface area contributed by atoms with Crippen LogP contribution in [0.5, 0.6) is 0 Å². The molecule has 0 spiro atoms. The monoisotopic (exact) mass is 261 g/mol. The van der Waals surface area contributed by atoms with Gasteiger partial charge >= 0.3 is 0 Å². The van der Waals surface area contributed by atoms with Crippen LogP contribution in [0.2, 0.25) is 0 Å². The molecule has 3 heteroatoms. The fraction of sp³-hybridized carbons (Fsp3) is 0.143. The fourth-order valence-electron chi connectivity index (χ4n) is 1.48. The summed E-state index contributed by atoms with van der Waals surface area (Å²) in [5, 5.41) is 7.76. The molecule has 2 rings (SSSR count). The largest absolute Gasteiger partial charge is 0.380 e. The van der Waals surface area contributed by atoms with E-state index in [1.807, 2.05) is 6.08 Å². The number of benzene rings is 1. The summed E-state index contributed by atoms with van der Waals surface area (Å²) in [5.74, 6) is 0.942. The first-order chi connectivity index (χ1) is 8.40. The molecule has 2 aromatic rings. The molecule has 1 heterocycles. The predicted octanol–water partition coefficient (Wildman–Crippen LogP) is 4.64. The maximum atomic E-state index is 3.75. The van der Waals surface area contributed by atoms with Crippen molar-refractivity contribution in [1.82, 2.24) is 0 Å². The van der Waals surface area contributed by atoms with Crippen LogP contribution < -0.4 is 5.32 Å². The molecule has 17 heavy (non-hydrogen) atoms. The SMILES string of the molecule is C=CCSc1ccccc1NCc1ccsc1. The summed E-state index contributed by atoms with van der Waals surface area (Å²) in [4.78, 5) is 1.28. The molecule has 0 unspecified atom stereocenters. The van der Waals surface area contributed by atoms with Gasteiger partial charge in [-0.3, -0.25) is 0 Å². The van der Waals surface area contributed by atoms with E-state index in [0.29, 0.717) is 0 Å². The topological polar surface area (TPSA) is 12.0 Å². The molecule has 0 amide bonds. The van der Waals surface area contributed by atoms with Gasteiger partial charge in [-0.05, 0) is 34.5 Å². The van der Waals surface area contributed by atoms with E-state index in [2.05, 4.69) is 53.0 Å². The molecule has 1 N–H and O–H groups in total. The summed E-state index contributed by atoms with van der Waals surface area (Å²) in [6.45, 7) is 4.64. The van der Waals surface area contributed by atoms with Crippen molar-refractivity contribution in [2.75, 3.05) is 11.1 Å². The molecule has 0 saturated heterocycles. The Labute approximate surface area is 111 Å². The lowest BCUT2D eigenvalue weighted by atomic mass is 10.3. The Morgan fingerprint density at radius 3 is 2.94 bits per heavy atom. The van der Waals surface area contributed by atoms with Crippen molar-refractivity contribution in [2.45, 2.75) is 11.4 Å². The molecule has 0 atom stereocenters. The number of anilines is 1. The van der Waals surface area contributed by atoms with Gasteiger partial charge in [0.2, 0.25) is 0 Å². The lowest BCUT2D eigenvalue weighted by Crippen LogP contribution is -1.99. The van der Waals surface area contributed by atoms with E-state index in [1.165, 1.54) is 16.1 Å². The van der Waals surface area contributed by atoms with Gasteiger partial charge in [0.25, 0.3) is 0 Å². The van der Waals surface area contributed by atoms with Crippen LogP contribution in [0.25, 0.3) is 0 Å². The van der Waals surface area contributed by atoms with Gasteiger partial charge in [-0.1, -0.05) is 18.2 Å². The first-order valence-electron chi connectivity index (χ1n) is 5.48. The molecule has 0 bridgehead atoms. The molecule has 1 aromatic carbocycles. The average Bonchev–Trinajstić information content (AvgIpc) is 2.88. The Bertz CT molecular complexity index is 463. The minimum absolute atomic E-state index is 0.884. The van der Waals surface area contributed by atoms with Gasteiger partial charge in [-0.2, -0.15) is 11.3 Å². The Hall–Kier alpha value is -1.19. The molecular weight excluding hydrogens is 246 g/mol. The summed E-state index contributed by atoms with van der Waals surface area (Å²) >= 11 is 3.54. The predicted molar refractivity (Wildman–Crippen MR) is 79.0 cm³/mol. The van der Waals surface area contributed by atoms with Crippen molar-refractivity contribution in [1.29, 1.82) is 0 Å². The molecule has 0 radical (unpaired) electrons. The Morgan fingerprint density at radius 1 is 1.29 bits per heavy atom. The van der Waals surface area contributed by atoms with Gasteiger partial charge in [-0.15, -0.1) is 18.3 Å². The van der Waals surface area contributed by atoms with Gasteiger partial charge in [0.15, 0.2) is 0 Å². The highest BCUT2D eigenvalue weighted by Crippen LogP contribution is 2.27. The van der Waals surface area contributed by atoms with Crippen molar-refractivity contribution in [2.24, 2.45) is 0 Å². The lowest BCUT2D eigenvalue weighted by Gasteiger charge is -2.10. The number of thiophene rings is 1.